The predicted molar refractivity (Wildman–Crippen MR) is 90.0 cm³/mol. The number of carbonyl (C=O) groups is 1. The highest BCUT2D eigenvalue weighted by molar-refractivity contribution is 9.10. The predicted octanol–water partition coefficient (Wildman–Crippen LogP) is 2.98. The van der Waals surface area contributed by atoms with Crippen LogP contribution in [0.15, 0.2) is 64.0 Å². The topological polar surface area (TPSA) is 95.2 Å². The van der Waals surface area contributed by atoms with Crippen molar-refractivity contribution >= 4 is 31.7 Å². The highest BCUT2D eigenvalue weighted by Crippen LogP contribution is 2.64. The molecule has 1 saturated carbocycles. The van der Waals surface area contributed by atoms with E-state index in [2.05, 4.69) is 15.9 Å². The van der Waals surface area contributed by atoms with Gasteiger partial charge in [0, 0.05) is 10.4 Å². The minimum absolute atomic E-state index is 0.0236. The van der Waals surface area contributed by atoms with Crippen LogP contribution in [-0.2, 0) is 14.6 Å². The summed E-state index contributed by atoms with van der Waals surface area (Å²) < 4.78 is 26.6. The summed E-state index contributed by atoms with van der Waals surface area (Å²) in [6, 6.07) is 16.1. The van der Waals surface area contributed by atoms with Crippen molar-refractivity contribution in [2.24, 2.45) is 5.41 Å². The monoisotopic (exact) mass is 405 g/mol. The first kappa shape index (κ1) is 16.7. The number of hydrogen-bond acceptors (Lipinski definition) is 4. The third-order valence-electron chi connectivity index (χ3n) is 4.31. The molecule has 1 N–H and O–H groups in total. The molecule has 1 aliphatic carbocycles. The number of hydrogen-bond donors (Lipinski definition) is 1. The summed E-state index contributed by atoms with van der Waals surface area (Å²) >= 11 is 3.28. The molecule has 0 heterocycles. The van der Waals surface area contributed by atoms with Crippen LogP contribution in [0.4, 0.5) is 0 Å². The average Bonchev–Trinajstić information content (AvgIpc) is 3.28. The maximum Gasteiger partial charge on any atom is 0.326 e. The number of carboxylic acid groups (broad SMARTS) is 1. The summed E-state index contributed by atoms with van der Waals surface area (Å²) in [7, 11) is -3.95. The molecule has 3 atom stereocenters. The Kier molecular flexibility index (Phi) is 3.98. The first-order chi connectivity index (χ1) is 11.4. The van der Waals surface area contributed by atoms with E-state index in [0.717, 1.165) is 4.47 Å². The molecule has 0 spiro atoms. The van der Waals surface area contributed by atoms with Crippen LogP contribution >= 0.6 is 15.9 Å². The molecule has 0 amide bonds. The Labute approximate surface area is 147 Å². The van der Waals surface area contributed by atoms with E-state index in [0.29, 0.717) is 5.56 Å². The van der Waals surface area contributed by atoms with Crippen molar-refractivity contribution in [2.45, 2.75) is 16.1 Å². The number of sulfone groups is 1. The molecule has 0 saturated heterocycles. The molecule has 0 aliphatic heterocycles. The molecule has 5 nitrogen and oxygen atoms in total. The lowest BCUT2D eigenvalue weighted by Gasteiger charge is -2.04. The van der Waals surface area contributed by atoms with Crippen LogP contribution < -0.4 is 0 Å². The molecule has 1 aliphatic rings. The summed E-state index contributed by atoms with van der Waals surface area (Å²) in [6.45, 7) is 0. The van der Waals surface area contributed by atoms with Gasteiger partial charge in [-0.3, -0.25) is 4.79 Å². The minimum Gasteiger partial charge on any atom is -0.480 e. The zero-order valence-electron chi connectivity index (χ0n) is 12.3. The zero-order valence-corrected chi connectivity index (χ0v) is 14.7. The van der Waals surface area contributed by atoms with Crippen LogP contribution in [0.5, 0.6) is 0 Å². The van der Waals surface area contributed by atoms with Crippen molar-refractivity contribution in [3.8, 4) is 6.07 Å². The lowest BCUT2D eigenvalue weighted by atomic mass is 10.0. The molecule has 24 heavy (non-hydrogen) atoms. The normalized spacial score (nSPS) is 25.7. The van der Waals surface area contributed by atoms with Gasteiger partial charge in [0.1, 0.15) is 5.25 Å². The van der Waals surface area contributed by atoms with Gasteiger partial charge in [-0.25, -0.2) is 8.42 Å². The van der Waals surface area contributed by atoms with Crippen LogP contribution in [0.2, 0.25) is 0 Å². The van der Waals surface area contributed by atoms with E-state index >= 15 is 0 Å². The van der Waals surface area contributed by atoms with Gasteiger partial charge in [-0.2, -0.15) is 5.26 Å². The zero-order chi connectivity index (χ0) is 17.5. The van der Waals surface area contributed by atoms with Crippen LogP contribution in [0, 0.1) is 16.7 Å². The lowest BCUT2D eigenvalue weighted by molar-refractivity contribution is -0.141. The first-order valence-electron chi connectivity index (χ1n) is 7.04. The second kappa shape index (κ2) is 5.72. The van der Waals surface area contributed by atoms with Gasteiger partial charge in [0.15, 0.2) is 15.3 Å². The fraction of sp³-hybridized carbons (Fsp3) is 0.176. The molecule has 1 fully saturated rings. The van der Waals surface area contributed by atoms with E-state index in [4.69, 9.17) is 0 Å². The molecular formula is C17H12BrNO4S. The number of aliphatic carboxylic acids is 1. The maximum atomic E-state index is 12.9. The van der Waals surface area contributed by atoms with Crippen molar-refractivity contribution in [3.63, 3.8) is 0 Å². The quantitative estimate of drug-likeness (QED) is 0.843. The fourth-order valence-electron chi connectivity index (χ4n) is 3.08. The Balaban J connectivity index is 2.13. The maximum absolute atomic E-state index is 12.9. The smallest absolute Gasteiger partial charge is 0.326 e. The van der Waals surface area contributed by atoms with E-state index in [1.54, 1.807) is 48.5 Å². The average molecular weight is 406 g/mol. The van der Waals surface area contributed by atoms with E-state index in [1.807, 2.05) is 0 Å². The van der Waals surface area contributed by atoms with Crippen molar-refractivity contribution < 1.29 is 18.3 Å². The van der Waals surface area contributed by atoms with Gasteiger partial charge in [-0.05, 0) is 29.8 Å². The molecule has 0 unspecified atom stereocenters. The summed E-state index contributed by atoms with van der Waals surface area (Å²) in [5, 5.41) is 17.8. The second-order valence-corrected chi connectivity index (χ2v) is 8.58. The highest BCUT2D eigenvalue weighted by atomic mass is 79.9. The van der Waals surface area contributed by atoms with Crippen LogP contribution in [0.25, 0.3) is 0 Å². The minimum atomic E-state index is -3.95. The Morgan fingerprint density at radius 3 is 2.21 bits per heavy atom. The third kappa shape index (κ3) is 2.34. The van der Waals surface area contributed by atoms with Gasteiger partial charge < -0.3 is 5.11 Å². The van der Waals surface area contributed by atoms with Gasteiger partial charge in [0.25, 0.3) is 0 Å². The van der Waals surface area contributed by atoms with Gasteiger partial charge in [0.05, 0.1) is 11.0 Å². The molecule has 2 aromatic rings. The molecule has 122 valence electrons. The second-order valence-electron chi connectivity index (χ2n) is 5.59. The van der Waals surface area contributed by atoms with E-state index < -0.39 is 32.4 Å². The van der Waals surface area contributed by atoms with Crippen molar-refractivity contribution in [2.75, 3.05) is 0 Å². The summed E-state index contributed by atoms with van der Waals surface area (Å²) in [5.74, 6) is -2.32. The Morgan fingerprint density at radius 1 is 1.12 bits per heavy atom. The van der Waals surface area contributed by atoms with E-state index in [-0.39, 0.29) is 4.90 Å². The molecule has 0 aromatic heterocycles. The Hall–Kier alpha value is -2.17. The third-order valence-corrected chi connectivity index (χ3v) is 7.08. The van der Waals surface area contributed by atoms with Crippen molar-refractivity contribution in [3.05, 3.63) is 64.6 Å². The number of rotatable bonds is 4. The van der Waals surface area contributed by atoms with Crippen LogP contribution in [0.1, 0.15) is 11.5 Å². The van der Waals surface area contributed by atoms with Gasteiger partial charge in [-0.1, -0.05) is 46.3 Å². The molecule has 7 heteroatoms. The Morgan fingerprint density at radius 2 is 1.71 bits per heavy atom. The SMILES string of the molecule is N#C[C@@]1(C(=O)O)[C@H](c2ccc(Br)cc2)[C@@H]1S(=O)(=O)c1ccccc1. The van der Waals surface area contributed by atoms with E-state index in [1.165, 1.54) is 12.1 Å². The number of carboxylic acids is 1. The van der Waals surface area contributed by atoms with Gasteiger partial charge >= 0.3 is 5.97 Å². The highest BCUT2D eigenvalue weighted by Gasteiger charge is 2.77. The molecule has 3 rings (SSSR count). The molecule has 2 aromatic carbocycles. The summed E-state index contributed by atoms with van der Waals surface area (Å²) in [6.07, 6.45) is 0. The molecule has 0 radical (unpaired) electrons. The van der Waals surface area contributed by atoms with Crippen molar-refractivity contribution in [1.82, 2.24) is 0 Å². The number of nitrogens with zero attached hydrogens (tertiary/aromatic N) is 1. The number of halogens is 1. The van der Waals surface area contributed by atoms with Crippen molar-refractivity contribution in [1.29, 1.82) is 5.26 Å². The van der Waals surface area contributed by atoms with Gasteiger partial charge in [-0.15, -0.1) is 0 Å². The number of benzene rings is 2. The Bertz CT molecular complexity index is 935. The molecular weight excluding hydrogens is 394 g/mol. The fourth-order valence-corrected chi connectivity index (χ4v) is 5.62. The standard InChI is InChI=1S/C17H12BrNO4S/c18-12-8-6-11(7-9-12)14-15(17(14,10-19)16(20)21)24(22,23)13-4-2-1-3-5-13/h1-9,14-15H,(H,20,21)/t14-,15+,17-/m1/s1. The summed E-state index contributed by atoms with van der Waals surface area (Å²) in [4.78, 5) is 11.8. The molecule has 0 bridgehead atoms. The lowest BCUT2D eigenvalue weighted by Crippen LogP contribution is -2.22. The largest absolute Gasteiger partial charge is 0.480 e. The van der Waals surface area contributed by atoms with Crippen LogP contribution in [0.3, 0.4) is 0 Å². The first-order valence-corrected chi connectivity index (χ1v) is 9.38. The van der Waals surface area contributed by atoms with Gasteiger partial charge in [0.2, 0.25) is 0 Å². The summed E-state index contributed by atoms with van der Waals surface area (Å²) in [5.41, 5.74) is -1.45. The number of nitriles is 1. The van der Waals surface area contributed by atoms with Crippen LogP contribution in [-0.4, -0.2) is 24.7 Å². The van der Waals surface area contributed by atoms with E-state index in [9.17, 15) is 23.6 Å².